The number of likely N-dealkylation sites (tertiary alicyclic amines) is 1. The lowest BCUT2D eigenvalue weighted by atomic mass is 10.2. The fourth-order valence-electron chi connectivity index (χ4n) is 1.71. The number of hydrogen-bond acceptors (Lipinski definition) is 5. The zero-order valence-corrected chi connectivity index (χ0v) is 9.66. The van der Waals surface area contributed by atoms with Crippen LogP contribution in [0.3, 0.4) is 0 Å². The third kappa shape index (κ3) is 3.95. The van der Waals surface area contributed by atoms with Crippen LogP contribution in [-0.4, -0.2) is 72.6 Å². The van der Waals surface area contributed by atoms with Gasteiger partial charge in [0, 0.05) is 20.1 Å². The summed E-state index contributed by atoms with van der Waals surface area (Å²) in [4.78, 5) is 23.7. The first kappa shape index (κ1) is 13.9. The van der Waals surface area contributed by atoms with Crippen LogP contribution in [0.4, 0.5) is 0 Å². The maximum Gasteiger partial charge on any atom is 0.326 e. The lowest BCUT2D eigenvalue weighted by Crippen LogP contribution is -2.42. The monoisotopic (exact) mass is 247 g/mol. The fraction of sp³-hybridized carbons (Fsp3) is 0.800. The molecule has 2 atom stereocenters. The summed E-state index contributed by atoms with van der Waals surface area (Å²) in [6.07, 6.45) is -0.710. The minimum Gasteiger partial charge on any atom is -0.480 e. The molecule has 0 aromatic carbocycles. The molecule has 0 unspecified atom stereocenters. The molecule has 1 amide bonds. The Hall–Kier alpha value is -1.18. The number of hydrogen-bond donors (Lipinski definition) is 2. The number of ether oxygens (including phenoxy) is 2. The van der Waals surface area contributed by atoms with Crippen LogP contribution in [0.2, 0.25) is 0 Å². The number of carbonyl (C=O) groups excluding carboxylic acids is 1. The highest BCUT2D eigenvalue weighted by Gasteiger charge is 2.38. The topological polar surface area (TPSA) is 96.3 Å². The van der Waals surface area contributed by atoms with E-state index >= 15 is 0 Å². The van der Waals surface area contributed by atoms with Crippen molar-refractivity contribution in [3.63, 3.8) is 0 Å². The van der Waals surface area contributed by atoms with Gasteiger partial charge in [0.2, 0.25) is 5.91 Å². The van der Waals surface area contributed by atoms with Crippen LogP contribution >= 0.6 is 0 Å². The van der Waals surface area contributed by atoms with Gasteiger partial charge >= 0.3 is 5.97 Å². The van der Waals surface area contributed by atoms with Gasteiger partial charge in [0.05, 0.1) is 19.3 Å². The summed E-state index contributed by atoms with van der Waals surface area (Å²) >= 11 is 0. The molecule has 17 heavy (non-hydrogen) atoms. The van der Waals surface area contributed by atoms with Gasteiger partial charge in [-0.1, -0.05) is 0 Å². The molecule has 2 N–H and O–H groups in total. The standard InChI is InChI=1S/C10H17NO6/c1-16-2-3-17-6-9(13)11-5-7(12)4-8(11)10(14)15/h7-8,12H,2-6H2,1H3,(H,14,15)/t7-,8-/m1/s1. The molecule has 1 aliphatic heterocycles. The highest BCUT2D eigenvalue weighted by molar-refractivity contribution is 5.85. The Balaban J connectivity index is 2.41. The molecular weight excluding hydrogens is 230 g/mol. The molecular formula is C10H17NO6. The highest BCUT2D eigenvalue weighted by atomic mass is 16.5. The van der Waals surface area contributed by atoms with Crippen molar-refractivity contribution < 1.29 is 29.3 Å². The second-order valence-corrected chi connectivity index (χ2v) is 3.84. The van der Waals surface area contributed by atoms with E-state index in [1.165, 1.54) is 7.11 Å². The zero-order chi connectivity index (χ0) is 12.8. The Morgan fingerprint density at radius 1 is 1.41 bits per heavy atom. The first-order valence-electron chi connectivity index (χ1n) is 5.33. The van der Waals surface area contributed by atoms with Crippen LogP contribution in [0.1, 0.15) is 6.42 Å². The van der Waals surface area contributed by atoms with Gasteiger partial charge in [0.25, 0.3) is 0 Å². The molecule has 7 nitrogen and oxygen atoms in total. The number of nitrogens with zero attached hydrogens (tertiary/aromatic N) is 1. The quantitative estimate of drug-likeness (QED) is 0.566. The summed E-state index contributed by atoms with van der Waals surface area (Å²) in [5.74, 6) is -1.53. The summed E-state index contributed by atoms with van der Waals surface area (Å²) in [6, 6.07) is -0.955. The van der Waals surface area contributed by atoms with E-state index in [2.05, 4.69) is 0 Å². The van der Waals surface area contributed by atoms with E-state index in [0.717, 1.165) is 4.90 Å². The Labute approximate surface area is 98.9 Å². The number of β-amino-alcohol motifs (C(OH)–C–C–N with tert-alkyl or cyclic N) is 1. The Bertz CT molecular complexity index is 282. The van der Waals surface area contributed by atoms with Gasteiger partial charge in [-0.15, -0.1) is 0 Å². The molecule has 0 spiro atoms. The predicted octanol–water partition coefficient (Wildman–Crippen LogP) is -1.30. The normalized spacial score (nSPS) is 24.0. The molecule has 0 radical (unpaired) electrons. The molecule has 1 rings (SSSR count). The number of aliphatic hydroxyl groups excluding tert-OH is 1. The van der Waals surface area contributed by atoms with Crippen molar-refractivity contribution in [1.82, 2.24) is 4.90 Å². The van der Waals surface area contributed by atoms with Crippen LogP contribution in [0.15, 0.2) is 0 Å². The third-order valence-electron chi connectivity index (χ3n) is 2.54. The average molecular weight is 247 g/mol. The van der Waals surface area contributed by atoms with Crippen LogP contribution in [-0.2, 0) is 19.1 Å². The van der Waals surface area contributed by atoms with Crippen LogP contribution in [0, 0.1) is 0 Å². The molecule has 0 aromatic heterocycles. The number of rotatable bonds is 6. The van der Waals surface area contributed by atoms with Crippen molar-refractivity contribution in [3.05, 3.63) is 0 Å². The van der Waals surface area contributed by atoms with E-state index in [1.807, 2.05) is 0 Å². The summed E-state index contributed by atoms with van der Waals surface area (Å²) in [6.45, 7) is 0.498. The first-order chi connectivity index (χ1) is 8.06. The summed E-state index contributed by atoms with van der Waals surface area (Å²) in [5, 5.41) is 18.3. The van der Waals surface area contributed by atoms with Gasteiger partial charge in [-0.05, 0) is 0 Å². The maximum atomic E-state index is 11.7. The lowest BCUT2D eigenvalue weighted by molar-refractivity contribution is -0.150. The van der Waals surface area contributed by atoms with Gasteiger partial charge in [0.1, 0.15) is 12.6 Å². The molecule has 1 aliphatic rings. The lowest BCUT2D eigenvalue weighted by Gasteiger charge is -2.20. The second kappa shape index (κ2) is 6.53. The van der Waals surface area contributed by atoms with Crippen molar-refractivity contribution in [1.29, 1.82) is 0 Å². The SMILES string of the molecule is COCCOCC(=O)N1C[C@H](O)C[C@@H]1C(=O)O. The van der Waals surface area contributed by atoms with Crippen LogP contribution in [0.25, 0.3) is 0 Å². The summed E-state index contributed by atoms with van der Waals surface area (Å²) in [5.41, 5.74) is 0. The molecule has 1 fully saturated rings. The number of carboxylic acids is 1. The van der Waals surface area contributed by atoms with E-state index in [4.69, 9.17) is 14.6 Å². The molecule has 1 saturated heterocycles. The largest absolute Gasteiger partial charge is 0.480 e. The molecule has 98 valence electrons. The van der Waals surface area contributed by atoms with Crippen molar-refractivity contribution in [2.45, 2.75) is 18.6 Å². The van der Waals surface area contributed by atoms with E-state index in [-0.39, 0.29) is 26.2 Å². The molecule has 0 bridgehead atoms. The van der Waals surface area contributed by atoms with Crippen molar-refractivity contribution in [2.24, 2.45) is 0 Å². The van der Waals surface area contributed by atoms with E-state index in [1.54, 1.807) is 0 Å². The number of aliphatic carboxylic acids is 1. The predicted molar refractivity (Wildman–Crippen MR) is 56.5 cm³/mol. The molecule has 7 heteroatoms. The molecule has 0 aromatic rings. The van der Waals surface area contributed by atoms with Crippen molar-refractivity contribution >= 4 is 11.9 Å². The zero-order valence-electron chi connectivity index (χ0n) is 9.66. The Morgan fingerprint density at radius 2 is 2.12 bits per heavy atom. The minimum absolute atomic E-state index is 0.0451. The number of methoxy groups -OCH3 is 1. The smallest absolute Gasteiger partial charge is 0.326 e. The number of amides is 1. The van der Waals surface area contributed by atoms with Crippen LogP contribution < -0.4 is 0 Å². The van der Waals surface area contributed by atoms with E-state index < -0.39 is 24.0 Å². The maximum absolute atomic E-state index is 11.7. The average Bonchev–Trinajstić information content (AvgIpc) is 2.66. The van der Waals surface area contributed by atoms with Gasteiger partial charge in [-0.25, -0.2) is 4.79 Å². The van der Waals surface area contributed by atoms with Gasteiger partial charge < -0.3 is 24.6 Å². The van der Waals surface area contributed by atoms with Crippen LogP contribution in [0.5, 0.6) is 0 Å². The van der Waals surface area contributed by atoms with Gasteiger partial charge in [-0.3, -0.25) is 4.79 Å². The highest BCUT2D eigenvalue weighted by Crippen LogP contribution is 2.18. The number of aliphatic hydroxyl groups is 1. The van der Waals surface area contributed by atoms with E-state index in [0.29, 0.717) is 6.61 Å². The van der Waals surface area contributed by atoms with Crippen molar-refractivity contribution in [3.8, 4) is 0 Å². The first-order valence-corrected chi connectivity index (χ1v) is 5.33. The number of carbonyl (C=O) groups is 2. The Kier molecular flexibility index (Phi) is 5.33. The van der Waals surface area contributed by atoms with Gasteiger partial charge in [0.15, 0.2) is 0 Å². The molecule has 0 saturated carbocycles. The second-order valence-electron chi connectivity index (χ2n) is 3.84. The molecule has 1 heterocycles. The number of carboxylic acid groups (broad SMARTS) is 1. The summed E-state index contributed by atoms with van der Waals surface area (Å²) < 4.78 is 9.76. The fourth-order valence-corrected chi connectivity index (χ4v) is 1.71. The minimum atomic E-state index is -1.10. The van der Waals surface area contributed by atoms with Gasteiger partial charge in [-0.2, -0.15) is 0 Å². The summed E-state index contributed by atoms with van der Waals surface area (Å²) in [7, 11) is 1.52. The third-order valence-corrected chi connectivity index (χ3v) is 2.54. The Morgan fingerprint density at radius 3 is 2.71 bits per heavy atom. The van der Waals surface area contributed by atoms with E-state index in [9.17, 15) is 14.7 Å². The van der Waals surface area contributed by atoms with Crippen molar-refractivity contribution in [2.75, 3.05) is 33.5 Å². The molecule has 0 aliphatic carbocycles.